The van der Waals surface area contributed by atoms with Crippen molar-refractivity contribution in [3.8, 4) is 5.75 Å². The van der Waals surface area contributed by atoms with Crippen LogP contribution in [-0.2, 0) is 9.59 Å². The molecule has 1 aliphatic heterocycles. The number of anilines is 1. The Kier molecular flexibility index (Phi) is 6.40. The van der Waals surface area contributed by atoms with Crippen LogP contribution >= 0.6 is 35.4 Å². The van der Waals surface area contributed by atoms with Gasteiger partial charge in [0.2, 0.25) is 0 Å². The Balaban J connectivity index is 1.91. The van der Waals surface area contributed by atoms with Gasteiger partial charge in [0.05, 0.1) is 21.3 Å². The second kappa shape index (κ2) is 8.83. The van der Waals surface area contributed by atoms with Gasteiger partial charge in [-0.05, 0) is 42.8 Å². The molecule has 154 valence electrons. The number of nitrogens with zero attached hydrogens (tertiary/aromatic N) is 1. The third-order valence-corrected chi connectivity index (χ3v) is 5.34. The highest BCUT2D eigenvalue weighted by molar-refractivity contribution is 7.81. The van der Waals surface area contributed by atoms with Gasteiger partial charge >= 0.3 is 12.0 Å². The number of hydrogen-bond acceptors (Lipinski definition) is 5. The van der Waals surface area contributed by atoms with Crippen LogP contribution in [0.4, 0.5) is 10.5 Å². The van der Waals surface area contributed by atoms with Crippen molar-refractivity contribution in [1.82, 2.24) is 5.32 Å². The molecule has 1 fully saturated rings. The third kappa shape index (κ3) is 4.46. The molecule has 2 aromatic rings. The van der Waals surface area contributed by atoms with E-state index in [-0.39, 0.29) is 26.3 Å². The Hall–Kier alpha value is -2.94. The van der Waals surface area contributed by atoms with Gasteiger partial charge in [-0.15, -0.1) is 0 Å². The minimum atomic E-state index is -1.09. The molecule has 0 unspecified atom stereocenters. The molecule has 0 spiro atoms. The molecule has 1 heterocycles. The lowest BCUT2D eigenvalue weighted by Crippen LogP contribution is -2.53. The van der Waals surface area contributed by atoms with Gasteiger partial charge in [-0.2, -0.15) is 0 Å². The van der Waals surface area contributed by atoms with Gasteiger partial charge in [0.15, 0.2) is 6.10 Å². The fourth-order valence-corrected chi connectivity index (χ4v) is 3.32. The van der Waals surface area contributed by atoms with E-state index in [0.29, 0.717) is 11.3 Å². The minimum absolute atomic E-state index is 0.0345. The Morgan fingerprint density at radius 1 is 1.20 bits per heavy atom. The van der Waals surface area contributed by atoms with Crippen LogP contribution in [0, 0.1) is 0 Å². The lowest BCUT2D eigenvalue weighted by atomic mass is 10.1. The number of carbonyl (C=O) groups is 3. The summed E-state index contributed by atoms with van der Waals surface area (Å²) in [5, 5.41) is 11.5. The highest BCUT2D eigenvalue weighted by Gasteiger charge is 2.35. The molecule has 30 heavy (non-hydrogen) atoms. The number of thiocarbonyl (C=S) groups is 1. The van der Waals surface area contributed by atoms with Gasteiger partial charge in [-0.25, -0.2) is 9.59 Å². The summed E-state index contributed by atoms with van der Waals surface area (Å²) in [5.74, 6) is -1.39. The largest absolute Gasteiger partial charge is 0.479 e. The maximum absolute atomic E-state index is 12.4. The van der Waals surface area contributed by atoms with Crippen LogP contribution in [0.1, 0.15) is 12.5 Å². The lowest BCUT2D eigenvalue weighted by Gasteiger charge is -2.29. The van der Waals surface area contributed by atoms with E-state index in [9.17, 15) is 14.4 Å². The summed E-state index contributed by atoms with van der Waals surface area (Å²) in [6, 6.07) is 10.4. The Bertz CT molecular complexity index is 1090. The van der Waals surface area contributed by atoms with Crippen molar-refractivity contribution < 1.29 is 24.2 Å². The maximum atomic E-state index is 12.4. The normalized spacial score (nSPS) is 16.4. The zero-order chi connectivity index (χ0) is 22.0. The molecule has 1 aliphatic rings. The van der Waals surface area contributed by atoms with E-state index in [2.05, 4.69) is 5.32 Å². The molecule has 3 amide bonds. The Morgan fingerprint density at radius 2 is 1.87 bits per heavy atom. The number of aliphatic carboxylic acids is 1. The van der Waals surface area contributed by atoms with Gasteiger partial charge in [0, 0.05) is 0 Å². The van der Waals surface area contributed by atoms with Crippen molar-refractivity contribution in [1.29, 1.82) is 0 Å². The summed E-state index contributed by atoms with van der Waals surface area (Å²) in [5.41, 5.74) is 0.911. The second-order valence-corrected chi connectivity index (χ2v) is 7.37. The van der Waals surface area contributed by atoms with Gasteiger partial charge in [-0.3, -0.25) is 15.0 Å². The number of imide groups is 1. The van der Waals surface area contributed by atoms with Crippen LogP contribution in [0.3, 0.4) is 0 Å². The molecule has 0 saturated carbocycles. The van der Waals surface area contributed by atoms with Gasteiger partial charge in [0.1, 0.15) is 10.7 Å². The fourth-order valence-electron chi connectivity index (χ4n) is 2.61. The number of hydrogen-bond donors (Lipinski definition) is 2. The number of carboxylic acids is 1. The van der Waals surface area contributed by atoms with E-state index >= 15 is 0 Å². The van der Waals surface area contributed by atoms with Gasteiger partial charge in [0.25, 0.3) is 5.91 Å². The van der Waals surface area contributed by atoms with Crippen molar-refractivity contribution in [3.63, 3.8) is 0 Å². The molecule has 0 aliphatic carbocycles. The minimum Gasteiger partial charge on any atom is -0.479 e. The molecular formula is C20H14Cl2N2O5S. The van der Waals surface area contributed by atoms with Crippen LogP contribution in [0.5, 0.6) is 5.75 Å². The van der Waals surface area contributed by atoms with Gasteiger partial charge < -0.3 is 9.84 Å². The first-order valence-corrected chi connectivity index (χ1v) is 9.70. The number of amides is 3. The second-order valence-electron chi connectivity index (χ2n) is 6.20. The number of ether oxygens (including phenoxy) is 1. The summed E-state index contributed by atoms with van der Waals surface area (Å²) in [6.45, 7) is 1.41. The predicted octanol–water partition coefficient (Wildman–Crippen LogP) is 4.31. The molecule has 10 heteroatoms. The summed E-state index contributed by atoms with van der Waals surface area (Å²) in [4.78, 5) is 36.7. The molecule has 2 aromatic carbocycles. The Labute approximate surface area is 186 Å². The van der Waals surface area contributed by atoms with Crippen LogP contribution in [-0.4, -0.2) is 34.1 Å². The fraction of sp³-hybridized carbons (Fsp3) is 0.100. The van der Waals surface area contributed by atoms with E-state index in [1.54, 1.807) is 42.5 Å². The predicted molar refractivity (Wildman–Crippen MR) is 117 cm³/mol. The van der Waals surface area contributed by atoms with Crippen molar-refractivity contribution >= 4 is 70.1 Å². The average molecular weight is 465 g/mol. The first-order valence-electron chi connectivity index (χ1n) is 8.54. The maximum Gasteiger partial charge on any atom is 0.344 e. The number of benzene rings is 2. The monoisotopic (exact) mass is 464 g/mol. The number of rotatable bonds is 5. The highest BCUT2D eigenvalue weighted by Crippen LogP contribution is 2.34. The number of urea groups is 1. The smallest absolute Gasteiger partial charge is 0.344 e. The molecule has 0 radical (unpaired) electrons. The van der Waals surface area contributed by atoms with E-state index in [4.69, 9.17) is 45.3 Å². The first-order chi connectivity index (χ1) is 14.2. The van der Waals surface area contributed by atoms with E-state index in [1.807, 2.05) is 0 Å². The van der Waals surface area contributed by atoms with Crippen molar-refractivity contribution in [2.24, 2.45) is 0 Å². The summed E-state index contributed by atoms with van der Waals surface area (Å²) in [7, 11) is 0. The van der Waals surface area contributed by atoms with Crippen LogP contribution < -0.4 is 15.0 Å². The molecular weight excluding hydrogens is 451 g/mol. The first kappa shape index (κ1) is 21.8. The van der Waals surface area contributed by atoms with E-state index in [0.717, 1.165) is 4.90 Å². The van der Waals surface area contributed by atoms with Crippen molar-refractivity contribution in [3.05, 3.63) is 63.6 Å². The zero-order valence-corrected chi connectivity index (χ0v) is 17.7. The van der Waals surface area contributed by atoms with Gasteiger partial charge in [-0.1, -0.05) is 53.6 Å². The summed E-state index contributed by atoms with van der Waals surface area (Å²) < 4.78 is 5.27. The summed E-state index contributed by atoms with van der Waals surface area (Å²) in [6.07, 6.45) is 0.493. The lowest BCUT2D eigenvalue weighted by molar-refractivity contribution is -0.144. The number of carbonyl (C=O) groups excluding carboxylic acids is 2. The quantitative estimate of drug-likeness (QED) is 0.505. The number of carboxylic acid groups (broad SMARTS) is 1. The van der Waals surface area contributed by atoms with E-state index in [1.165, 1.54) is 13.0 Å². The topological polar surface area (TPSA) is 95.9 Å². The molecule has 2 N–H and O–H groups in total. The number of nitrogens with one attached hydrogen (secondary N) is 1. The SMILES string of the molecule is C[C@H](Oc1ccc(/C=C2\C(=O)NC(=O)N(c3cccc(Cl)c3Cl)C2=S)cc1)C(=O)O. The zero-order valence-electron chi connectivity index (χ0n) is 15.4. The molecule has 7 nitrogen and oxygen atoms in total. The summed E-state index contributed by atoms with van der Waals surface area (Å²) >= 11 is 17.6. The van der Waals surface area contributed by atoms with E-state index < -0.39 is 24.0 Å². The standard InChI is InChI=1S/C20H14Cl2N2O5S/c1-10(19(26)27)29-12-7-5-11(6-8-12)9-13-17(25)23-20(28)24(18(13)30)15-4-2-3-14(21)16(15)22/h2-10H,1H3,(H,26,27)(H,23,25,28)/b13-9+/t10-/m0/s1. The number of halogens is 2. The Morgan fingerprint density at radius 3 is 2.50 bits per heavy atom. The van der Waals surface area contributed by atoms with Crippen molar-refractivity contribution in [2.75, 3.05) is 4.90 Å². The molecule has 3 rings (SSSR count). The molecule has 1 atom stereocenters. The molecule has 0 bridgehead atoms. The van der Waals surface area contributed by atoms with Crippen LogP contribution in [0.25, 0.3) is 6.08 Å². The third-order valence-electron chi connectivity index (χ3n) is 4.13. The van der Waals surface area contributed by atoms with Crippen LogP contribution in [0.2, 0.25) is 10.0 Å². The molecule has 1 saturated heterocycles. The highest BCUT2D eigenvalue weighted by atomic mass is 35.5. The molecule has 0 aromatic heterocycles. The van der Waals surface area contributed by atoms with Crippen molar-refractivity contribution in [2.45, 2.75) is 13.0 Å². The average Bonchev–Trinajstić information content (AvgIpc) is 2.69. The van der Waals surface area contributed by atoms with Crippen LogP contribution in [0.15, 0.2) is 48.0 Å².